The van der Waals surface area contributed by atoms with Crippen molar-refractivity contribution >= 4 is 23.8 Å². The van der Waals surface area contributed by atoms with E-state index in [0.717, 1.165) is 11.3 Å². The molecule has 2 N–H and O–H groups in total. The molecule has 0 saturated heterocycles. The molecule has 2 rings (SSSR count). The number of nitrogens with one attached hydrogen (secondary N) is 2. The Labute approximate surface area is 102 Å². The van der Waals surface area contributed by atoms with Crippen molar-refractivity contribution in [2.75, 3.05) is 0 Å². The van der Waals surface area contributed by atoms with Gasteiger partial charge < -0.3 is 4.98 Å². The molecule has 0 fully saturated rings. The summed E-state index contributed by atoms with van der Waals surface area (Å²) in [5.74, 6) is 0. The van der Waals surface area contributed by atoms with Crippen molar-refractivity contribution in [2.45, 2.75) is 6.42 Å². The monoisotopic (exact) mass is 252 g/mol. The number of hydrogen-bond acceptors (Lipinski definition) is 2. The second-order valence-corrected chi connectivity index (χ2v) is 4.26. The van der Waals surface area contributed by atoms with Gasteiger partial charge in [0, 0.05) is 23.2 Å². The van der Waals surface area contributed by atoms with E-state index in [2.05, 4.69) is 9.97 Å². The van der Waals surface area contributed by atoms with Crippen molar-refractivity contribution < 1.29 is 0 Å². The van der Waals surface area contributed by atoms with Gasteiger partial charge in [-0.05, 0) is 29.9 Å². The average molecular weight is 253 g/mol. The first-order valence-electron chi connectivity index (χ1n) is 4.70. The van der Waals surface area contributed by atoms with E-state index < -0.39 is 0 Å². The third kappa shape index (κ3) is 2.81. The summed E-state index contributed by atoms with van der Waals surface area (Å²) >= 11 is 10.8. The quantitative estimate of drug-likeness (QED) is 0.808. The largest absolute Gasteiger partial charge is 0.336 e. The molecule has 0 aliphatic heterocycles. The van der Waals surface area contributed by atoms with Crippen molar-refractivity contribution in [1.82, 2.24) is 9.97 Å². The highest BCUT2D eigenvalue weighted by Crippen LogP contribution is 2.12. The second-order valence-electron chi connectivity index (χ2n) is 3.42. The van der Waals surface area contributed by atoms with E-state index >= 15 is 0 Å². The van der Waals surface area contributed by atoms with Crippen LogP contribution in [0.5, 0.6) is 0 Å². The van der Waals surface area contributed by atoms with Gasteiger partial charge in [-0.15, -0.1) is 0 Å². The molecule has 0 bridgehead atoms. The molecular weight excluding hydrogens is 244 g/mol. The predicted molar refractivity (Wildman–Crippen MR) is 66.5 cm³/mol. The predicted octanol–water partition coefficient (Wildman–Crippen LogP) is 2.68. The molecule has 16 heavy (non-hydrogen) atoms. The van der Waals surface area contributed by atoms with Gasteiger partial charge in [0.1, 0.15) is 0 Å². The van der Waals surface area contributed by atoms with Gasteiger partial charge in [-0.1, -0.05) is 23.7 Å². The minimum Gasteiger partial charge on any atom is -0.336 e. The summed E-state index contributed by atoms with van der Waals surface area (Å²) in [6.07, 6.45) is 0.605. The Hall–Kier alpha value is -1.39. The van der Waals surface area contributed by atoms with Crippen molar-refractivity contribution in [3.63, 3.8) is 0 Å². The summed E-state index contributed by atoms with van der Waals surface area (Å²) in [6, 6.07) is 8.99. The SMILES string of the molecule is O=c1cc(Cc2cccc(Cl)c2)[nH]c(=S)[nH]1. The van der Waals surface area contributed by atoms with Crippen LogP contribution in [0.4, 0.5) is 0 Å². The number of hydrogen-bond donors (Lipinski definition) is 2. The van der Waals surface area contributed by atoms with Crippen molar-refractivity contribution in [2.24, 2.45) is 0 Å². The lowest BCUT2D eigenvalue weighted by Gasteiger charge is -2.02. The maximum atomic E-state index is 11.2. The van der Waals surface area contributed by atoms with Crippen LogP contribution >= 0.6 is 23.8 Å². The Morgan fingerprint density at radius 2 is 2.06 bits per heavy atom. The van der Waals surface area contributed by atoms with Crippen molar-refractivity contribution in [3.8, 4) is 0 Å². The van der Waals surface area contributed by atoms with Gasteiger partial charge >= 0.3 is 0 Å². The first-order valence-corrected chi connectivity index (χ1v) is 5.49. The molecule has 1 aromatic carbocycles. The highest BCUT2D eigenvalue weighted by atomic mass is 35.5. The lowest BCUT2D eigenvalue weighted by Crippen LogP contribution is -2.08. The van der Waals surface area contributed by atoms with E-state index in [9.17, 15) is 4.79 Å². The van der Waals surface area contributed by atoms with Crippen LogP contribution in [0, 0.1) is 4.77 Å². The molecule has 82 valence electrons. The van der Waals surface area contributed by atoms with E-state index in [4.69, 9.17) is 23.8 Å². The number of aromatic amines is 2. The molecule has 0 radical (unpaired) electrons. The van der Waals surface area contributed by atoms with Crippen molar-refractivity contribution in [1.29, 1.82) is 0 Å². The Morgan fingerprint density at radius 3 is 2.75 bits per heavy atom. The summed E-state index contributed by atoms with van der Waals surface area (Å²) in [4.78, 5) is 16.6. The lowest BCUT2D eigenvalue weighted by molar-refractivity contribution is 0.986. The smallest absolute Gasteiger partial charge is 0.251 e. The van der Waals surface area contributed by atoms with Crippen LogP contribution in [-0.4, -0.2) is 9.97 Å². The van der Waals surface area contributed by atoms with Crippen molar-refractivity contribution in [3.05, 3.63) is 61.7 Å². The average Bonchev–Trinajstić information content (AvgIpc) is 2.15. The third-order valence-electron chi connectivity index (χ3n) is 2.10. The summed E-state index contributed by atoms with van der Waals surface area (Å²) < 4.78 is 0.338. The zero-order valence-electron chi connectivity index (χ0n) is 8.29. The fourth-order valence-electron chi connectivity index (χ4n) is 1.48. The van der Waals surface area contributed by atoms with Crippen LogP contribution in [0.25, 0.3) is 0 Å². The standard InChI is InChI=1S/C11H9ClN2OS/c12-8-3-1-2-7(4-8)5-9-6-10(15)14-11(16)13-9/h1-4,6H,5H2,(H2,13,14,15,16). The van der Waals surface area contributed by atoms with Gasteiger partial charge in [0.15, 0.2) is 4.77 Å². The molecule has 0 spiro atoms. The number of benzene rings is 1. The Bertz CT molecular complexity index is 589. The normalized spacial score (nSPS) is 10.3. The van der Waals surface area contributed by atoms with Crippen LogP contribution in [0.1, 0.15) is 11.3 Å². The third-order valence-corrected chi connectivity index (χ3v) is 2.54. The van der Waals surface area contributed by atoms with Gasteiger partial charge in [-0.3, -0.25) is 9.78 Å². The summed E-state index contributed by atoms with van der Waals surface area (Å²) in [5.41, 5.74) is 1.61. The van der Waals surface area contributed by atoms with E-state index in [1.165, 1.54) is 6.07 Å². The van der Waals surface area contributed by atoms with Crippen LogP contribution in [0.3, 0.4) is 0 Å². The van der Waals surface area contributed by atoms with Gasteiger partial charge in [-0.25, -0.2) is 0 Å². The summed E-state index contributed by atoms with van der Waals surface area (Å²) in [7, 11) is 0. The zero-order valence-corrected chi connectivity index (χ0v) is 9.86. The highest BCUT2D eigenvalue weighted by molar-refractivity contribution is 7.71. The lowest BCUT2D eigenvalue weighted by atomic mass is 10.1. The Kier molecular flexibility index (Phi) is 3.22. The Morgan fingerprint density at radius 1 is 1.25 bits per heavy atom. The molecule has 1 aromatic heterocycles. The molecule has 0 saturated carbocycles. The Balaban J connectivity index is 2.34. The molecule has 2 aromatic rings. The molecule has 5 heteroatoms. The topological polar surface area (TPSA) is 48.6 Å². The first-order chi connectivity index (χ1) is 7.63. The van der Waals surface area contributed by atoms with Gasteiger partial charge in [0.25, 0.3) is 5.56 Å². The molecular formula is C11H9ClN2OS. The fourth-order valence-corrected chi connectivity index (χ4v) is 1.93. The maximum Gasteiger partial charge on any atom is 0.251 e. The van der Waals surface area contributed by atoms with Gasteiger partial charge in [0.05, 0.1) is 0 Å². The minimum absolute atomic E-state index is 0.194. The fraction of sp³-hybridized carbons (Fsp3) is 0.0909. The number of halogens is 1. The number of H-pyrrole nitrogens is 2. The highest BCUT2D eigenvalue weighted by Gasteiger charge is 1.99. The molecule has 0 unspecified atom stereocenters. The molecule has 0 aliphatic rings. The minimum atomic E-state index is -0.194. The zero-order chi connectivity index (χ0) is 11.5. The van der Waals surface area contributed by atoms with E-state index in [0.29, 0.717) is 16.2 Å². The maximum absolute atomic E-state index is 11.2. The molecule has 0 atom stereocenters. The van der Waals surface area contributed by atoms with Crippen LogP contribution < -0.4 is 5.56 Å². The van der Waals surface area contributed by atoms with E-state index in [1.807, 2.05) is 24.3 Å². The molecule has 0 aliphatic carbocycles. The van der Waals surface area contributed by atoms with Gasteiger partial charge in [-0.2, -0.15) is 0 Å². The van der Waals surface area contributed by atoms with E-state index in [-0.39, 0.29) is 5.56 Å². The summed E-state index contributed by atoms with van der Waals surface area (Å²) in [5, 5.41) is 0.681. The first kappa shape index (κ1) is 11.1. The molecule has 3 nitrogen and oxygen atoms in total. The second kappa shape index (κ2) is 4.63. The van der Waals surface area contributed by atoms with E-state index in [1.54, 1.807) is 0 Å². The van der Waals surface area contributed by atoms with Crippen LogP contribution in [-0.2, 0) is 6.42 Å². The van der Waals surface area contributed by atoms with Gasteiger partial charge in [0.2, 0.25) is 0 Å². The summed E-state index contributed by atoms with van der Waals surface area (Å²) in [6.45, 7) is 0. The van der Waals surface area contributed by atoms with Crippen LogP contribution in [0.15, 0.2) is 35.1 Å². The molecule has 0 amide bonds. The number of aromatic nitrogens is 2. The molecule has 1 heterocycles. The number of rotatable bonds is 2. The van der Waals surface area contributed by atoms with Crippen LogP contribution in [0.2, 0.25) is 5.02 Å².